The highest BCUT2D eigenvalue weighted by Crippen LogP contribution is 2.33. The zero-order valence-corrected chi connectivity index (χ0v) is 14.4. The van der Waals surface area contributed by atoms with E-state index in [4.69, 9.17) is 4.74 Å². The molecule has 7 nitrogen and oxygen atoms in total. The van der Waals surface area contributed by atoms with Gasteiger partial charge in [0.2, 0.25) is 0 Å². The zero-order valence-electron chi connectivity index (χ0n) is 14.4. The average Bonchev–Trinajstić information content (AvgIpc) is 3.01. The molecule has 8 heteroatoms. The number of nitrogens with one attached hydrogen (secondary N) is 1. The molecule has 0 aliphatic carbocycles. The van der Waals surface area contributed by atoms with Crippen LogP contribution in [0.1, 0.15) is 17.3 Å². The number of esters is 1. The summed E-state index contributed by atoms with van der Waals surface area (Å²) in [6, 6.07) is 4.29. The van der Waals surface area contributed by atoms with Gasteiger partial charge < -0.3 is 19.9 Å². The highest BCUT2D eigenvalue weighted by Gasteiger charge is 2.37. The van der Waals surface area contributed by atoms with Gasteiger partial charge in [-0.2, -0.15) is 0 Å². The summed E-state index contributed by atoms with van der Waals surface area (Å²) in [5.41, 5.74) is 1.54. The van der Waals surface area contributed by atoms with E-state index in [9.17, 15) is 14.0 Å². The molecule has 26 heavy (non-hydrogen) atoms. The van der Waals surface area contributed by atoms with Crippen molar-refractivity contribution >= 4 is 28.6 Å². The van der Waals surface area contributed by atoms with Crippen LogP contribution in [0.5, 0.6) is 0 Å². The number of halogens is 1. The van der Waals surface area contributed by atoms with Crippen LogP contribution in [-0.2, 0) is 4.74 Å². The number of carbonyl (C=O) groups excluding carboxylic acids is 2. The topological polar surface area (TPSA) is 74.8 Å². The van der Waals surface area contributed by atoms with Crippen molar-refractivity contribution in [2.24, 2.45) is 0 Å². The molecule has 2 aliphatic rings. The molecule has 3 heterocycles. The Morgan fingerprint density at radius 3 is 3.08 bits per heavy atom. The number of anilines is 1. The van der Waals surface area contributed by atoms with Crippen molar-refractivity contribution in [1.29, 1.82) is 0 Å². The Bertz CT molecular complexity index is 888. The Morgan fingerprint density at radius 2 is 2.27 bits per heavy atom. The Morgan fingerprint density at radius 1 is 1.42 bits per heavy atom. The number of benzene rings is 1. The summed E-state index contributed by atoms with van der Waals surface area (Å²) >= 11 is 0. The van der Waals surface area contributed by atoms with Gasteiger partial charge in [-0.3, -0.25) is 4.98 Å². The fraction of sp³-hybridized carbons (Fsp3) is 0.389. The first-order valence-corrected chi connectivity index (χ1v) is 8.63. The van der Waals surface area contributed by atoms with Gasteiger partial charge in [0.15, 0.2) is 0 Å². The molecule has 2 aromatic rings. The normalized spacial score (nSPS) is 19.5. The number of hydrogen-bond acceptors (Lipinski definition) is 5. The van der Waals surface area contributed by atoms with E-state index < -0.39 is 11.8 Å². The van der Waals surface area contributed by atoms with Crippen LogP contribution in [0.3, 0.4) is 0 Å². The van der Waals surface area contributed by atoms with Crippen LogP contribution in [0.15, 0.2) is 24.4 Å². The molecule has 0 radical (unpaired) electrons. The number of amides is 2. The molecule has 4 rings (SSSR count). The minimum absolute atomic E-state index is 0.0167. The summed E-state index contributed by atoms with van der Waals surface area (Å²) < 4.78 is 19.1. The second-order valence-electron chi connectivity index (χ2n) is 6.38. The fourth-order valence-corrected chi connectivity index (χ4v) is 3.66. The third-order valence-corrected chi connectivity index (χ3v) is 4.85. The summed E-state index contributed by atoms with van der Waals surface area (Å²) in [4.78, 5) is 32.4. The molecule has 2 saturated heterocycles. The molecule has 2 fully saturated rings. The number of hydrogen-bond donors (Lipinski definition) is 1. The summed E-state index contributed by atoms with van der Waals surface area (Å²) in [5.74, 6) is -0.873. The highest BCUT2D eigenvalue weighted by atomic mass is 19.1. The second-order valence-corrected chi connectivity index (χ2v) is 6.38. The molecule has 0 spiro atoms. The van der Waals surface area contributed by atoms with Gasteiger partial charge in [-0.15, -0.1) is 0 Å². The van der Waals surface area contributed by atoms with Crippen molar-refractivity contribution in [2.45, 2.75) is 13.0 Å². The molecular formula is C18H19FN4O3. The largest absolute Gasteiger partial charge is 0.462 e. The predicted molar refractivity (Wildman–Crippen MR) is 93.8 cm³/mol. The summed E-state index contributed by atoms with van der Waals surface area (Å²) in [6.07, 6.45) is 1.48. The van der Waals surface area contributed by atoms with Gasteiger partial charge in [0.25, 0.3) is 0 Å². The quantitative estimate of drug-likeness (QED) is 0.847. The van der Waals surface area contributed by atoms with E-state index in [0.29, 0.717) is 48.3 Å². The van der Waals surface area contributed by atoms with Gasteiger partial charge in [0, 0.05) is 37.8 Å². The lowest BCUT2D eigenvalue weighted by atomic mass is 10.1. The van der Waals surface area contributed by atoms with Crippen LogP contribution in [0.2, 0.25) is 0 Å². The van der Waals surface area contributed by atoms with Crippen LogP contribution in [0.25, 0.3) is 10.9 Å². The first-order valence-electron chi connectivity index (χ1n) is 8.63. The summed E-state index contributed by atoms with van der Waals surface area (Å²) in [6.45, 7) is 4.18. The Balaban J connectivity index is 1.80. The van der Waals surface area contributed by atoms with E-state index in [1.54, 1.807) is 17.9 Å². The smallest absolute Gasteiger partial charge is 0.341 e. The van der Waals surface area contributed by atoms with Crippen LogP contribution >= 0.6 is 0 Å². The molecule has 0 saturated carbocycles. The fourth-order valence-electron chi connectivity index (χ4n) is 3.66. The van der Waals surface area contributed by atoms with Crippen LogP contribution < -0.4 is 10.2 Å². The maximum Gasteiger partial charge on any atom is 0.341 e. The third-order valence-electron chi connectivity index (χ3n) is 4.85. The molecule has 2 amide bonds. The monoisotopic (exact) mass is 358 g/mol. The molecule has 1 aromatic heterocycles. The zero-order chi connectivity index (χ0) is 18.3. The Labute approximate surface area is 149 Å². The van der Waals surface area contributed by atoms with Gasteiger partial charge in [-0.1, -0.05) is 0 Å². The highest BCUT2D eigenvalue weighted by molar-refractivity contribution is 6.05. The number of carbonyl (C=O) groups is 2. The maximum absolute atomic E-state index is 13.9. The van der Waals surface area contributed by atoms with Crippen LogP contribution in [0, 0.1) is 5.82 Å². The lowest BCUT2D eigenvalue weighted by Crippen LogP contribution is -2.52. The Kier molecular flexibility index (Phi) is 4.10. The number of aromatic nitrogens is 1. The number of ether oxygens (including phenoxy) is 1. The number of piperazine rings is 1. The van der Waals surface area contributed by atoms with E-state index in [0.717, 1.165) is 0 Å². The molecule has 1 atom stereocenters. The van der Waals surface area contributed by atoms with Crippen molar-refractivity contribution < 1.29 is 18.7 Å². The Hall–Kier alpha value is -2.90. The lowest BCUT2D eigenvalue weighted by molar-refractivity contribution is 0.0526. The van der Waals surface area contributed by atoms with Crippen LogP contribution in [0.4, 0.5) is 14.9 Å². The molecular weight excluding hydrogens is 339 g/mol. The van der Waals surface area contributed by atoms with Crippen molar-refractivity contribution in [2.75, 3.05) is 37.7 Å². The lowest BCUT2D eigenvalue weighted by Gasteiger charge is -2.38. The van der Waals surface area contributed by atoms with E-state index in [1.165, 1.54) is 18.3 Å². The molecule has 2 aliphatic heterocycles. The van der Waals surface area contributed by atoms with E-state index in [-0.39, 0.29) is 18.7 Å². The van der Waals surface area contributed by atoms with Gasteiger partial charge >= 0.3 is 12.0 Å². The minimum atomic E-state index is -0.482. The molecule has 136 valence electrons. The van der Waals surface area contributed by atoms with Gasteiger partial charge in [0.05, 0.1) is 23.9 Å². The summed E-state index contributed by atoms with van der Waals surface area (Å²) in [7, 11) is 0. The van der Waals surface area contributed by atoms with Gasteiger partial charge in [0.1, 0.15) is 11.4 Å². The van der Waals surface area contributed by atoms with E-state index in [2.05, 4.69) is 10.3 Å². The molecule has 1 aromatic carbocycles. The number of fused-ring (bicyclic) bond motifs is 2. The third kappa shape index (κ3) is 2.71. The average molecular weight is 358 g/mol. The number of pyridine rings is 1. The molecule has 1 unspecified atom stereocenters. The number of urea groups is 1. The summed E-state index contributed by atoms with van der Waals surface area (Å²) in [5, 5.41) is 3.40. The number of nitrogens with zero attached hydrogens (tertiary/aromatic N) is 3. The molecule has 1 N–H and O–H groups in total. The van der Waals surface area contributed by atoms with Crippen molar-refractivity contribution in [3.63, 3.8) is 0 Å². The van der Waals surface area contributed by atoms with Crippen LogP contribution in [-0.4, -0.2) is 60.7 Å². The molecule has 0 bridgehead atoms. The maximum atomic E-state index is 13.9. The van der Waals surface area contributed by atoms with Crippen molar-refractivity contribution in [1.82, 2.24) is 15.2 Å². The van der Waals surface area contributed by atoms with E-state index >= 15 is 0 Å². The first kappa shape index (κ1) is 16.6. The van der Waals surface area contributed by atoms with Crippen molar-refractivity contribution in [3.8, 4) is 0 Å². The standard InChI is InChI=1S/C18H19FN4O3/c1-2-26-17(24)14-9-20-15-4-3-11(19)7-13(15)16(14)22-5-6-23-12(10-22)8-21-18(23)25/h3-4,7,9,12H,2,5-6,8,10H2,1H3,(H,21,25). The number of rotatable bonds is 3. The first-order chi connectivity index (χ1) is 12.6. The minimum Gasteiger partial charge on any atom is -0.462 e. The van der Waals surface area contributed by atoms with E-state index in [1.807, 2.05) is 4.90 Å². The SMILES string of the molecule is CCOC(=O)c1cnc2ccc(F)cc2c1N1CCN2C(=O)NCC2C1. The van der Waals surface area contributed by atoms with Gasteiger partial charge in [-0.05, 0) is 25.1 Å². The van der Waals surface area contributed by atoms with Gasteiger partial charge in [-0.25, -0.2) is 14.0 Å². The predicted octanol–water partition coefficient (Wildman–Crippen LogP) is 1.76. The van der Waals surface area contributed by atoms with Crippen molar-refractivity contribution in [3.05, 3.63) is 35.8 Å². The second kappa shape index (κ2) is 6.44.